The molecule has 0 atom stereocenters. The molecule has 2 aromatic rings. The Labute approximate surface area is 157 Å². The summed E-state index contributed by atoms with van der Waals surface area (Å²) in [7, 11) is -3.89. The summed E-state index contributed by atoms with van der Waals surface area (Å²) in [6.07, 6.45) is 1.43. The number of nitrogens with zero attached hydrogens (tertiary/aromatic N) is 1. The smallest absolute Gasteiger partial charge is 0.240 e. The van der Waals surface area contributed by atoms with E-state index in [9.17, 15) is 22.4 Å². The van der Waals surface area contributed by atoms with Crippen LogP contribution >= 0.6 is 0 Å². The number of hydrogen-bond acceptors (Lipinski definition) is 4. The first-order valence-corrected chi connectivity index (χ1v) is 9.96. The molecule has 27 heavy (non-hydrogen) atoms. The number of anilines is 1. The molecule has 0 spiro atoms. The van der Waals surface area contributed by atoms with E-state index in [-0.39, 0.29) is 16.4 Å². The normalized spacial score (nSPS) is 13.9. The zero-order chi connectivity index (χ0) is 19.6. The minimum Gasteiger partial charge on any atom is -0.312 e. The van der Waals surface area contributed by atoms with Crippen LogP contribution in [0.4, 0.5) is 10.1 Å². The molecule has 0 aromatic heterocycles. The topological polar surface area (TPSA) is 83.6 Å². The highest BCUT2D eigenvalue weighted by Gasteiger charge is 2.23. The van der Waals surface area contributed by atoms with Gasteiger partial charge in [-0.1, -0.05) is 0 Å². The summed E-state index contributed by atoms with van der Waals surface area (Å²) in [6.45, 7) is 1.66. The van der Waals surface area contributed by atoms with Crippen molar-refractivity contribution in [2.45, 2.75) is 24.7 Å². The van der Waals surface area contributed by atoms with Gasteiger partial charge in [-0.2, -0.15) is 0 Å². The van der Waals surface area contributed by atoms with E-state index >= 15 is 0 Å². The summed E-state index contributed by atoms with van der Waals surface area (Å²) >= 11 is 0. The van der Waals surface area contributed by atoms with Crippen molar-refractivity contribution in [3.8, 4) is 0 Å². The number of carbonyl (C=O) groups excluding carboxylic acids is 2. The number of sulfonamides is 1. The molecule has 1 aliphatic heterocycles. The average Bonchev–Trinajstić information content (AvgIpc) is 2.65. The van der Waals surface area contributed by atoms with Crippen molar-refractivity contribution in [1.29, 1.82) is 0 Å². The van der Waals surface area contributed by atoms with E-state index in [1.165, 1.54) is 31.2 Å². The molecule has 0 radical (unpaired) electrons. The highest BCUT2D eigenvalue weighted by Crippen LogP contribution is 2.29. The Morgan fingerprint density at radius 2 is 1.85 bits per heavy atom. The van der Waals surface area contributed by atoms with E-state index in [1.54, 1.807) is 11.0 Å². The molecule has 1 N–H and O–H groups in total. The highest BCUT2D eigenvalue weighted by molar-refractivity contribution is 7.89. The minimum absolute atomic E-state index is 0.0403. The number of aryl methyl sites for hydroxylation is 1. The Morgan fingerprint density at radius 3 is 2.52 bits per heavy atom. The highest BCUT2D eigenvalue weighted by atomic mass is 32.2. The SMILES string of the molecule is CC(=O)N1CCCc2cc(S(=O)(=O)NCC(=O)c3ccc(F)cc3)ccc21. The van der Waals surface area contributed by atoms with Crippen LogP contribution in [0.3, 0.4) is 0 Å². The van der Waals surface area contributed by atoms with E-state index in [0.717, 1.165) is 29.8 Å². The number of fused-ring (bicyclic) bond motifs is 1. The fraction of sp³-hybridized carbons (Fsp3) is 0.263. The molecule has 0 fully saturated rings. The third-order valence-corrected chi connectivity index (χ3v) is 5.85. The van der Waals surface area contributed by atoms with Crippen molar-refractivity contribution >= 4 is 27.4 Å². The summed E-state index contributed by atoms with van der Waals surface area (Å²) in [5.41, 5.74) is 1.72. The number of carbonyl (C=O) groups is 2. The summed E-state index contributed by atoms with van der Waals surface area (Å²) in [5.74, 6) is -1.02. The molecular formula is C19H19FN2O4S. The molecule has 1 amide bonds. The molecule has 0 unspecified atom stereocenters. The van der Waals surface area contributed by atoms with Gasteiger partial charge in [-0.05, 0) is 60.9 Å². The molecule has 2 aromatic carbocycles. The van der Waals surface area contributed by atoms with Gasteiger partial charge in [0.1, 0.15) is 5.82 Å². The van der Waals surface area contributed by atoms with Crippen molar-refractivity contribution in [3.05, 3.63) is 59.4 Å². The van der Waals surface area contributed by atoms with Gasteiger partial charge in [-0.25, -0.2) is 17.5 Å². The molecule has 142 valence electrons. The summed E-state index contributed by atoms with van der Waals surface area (Å²) < 4.78 is 40.2. The van der Waals surface area contributed by atoms with E-state index < -0.39 is 28.2 Å². The monoisotopic (exact) mass is 390 g/mol. The first kappa shape index (κ1) is 19.2. The second-order valence-corrected chi connectivity index (χ2v) is 8.09. The fourth-order valence-corrected chi connectivity index (χ4v) is 4.08. The summed E-state index contributed by atoms with van der Waals surface area (Å²) in [6, 6.07) is 9.48. The molecule has 8 heteroatoms. The predicted molar refractivity (Wildman–Crippen MR) is 98.7 cm³/mol. The van der Waals surface area contributed by atoms with Gasteiger partial charge in [0.05, 0.1) is 11.4 Å². The van der Waals surface area contributed by atoms with Crippen LogP contribution in [-0.2, 0) is 21.2 Å². The molecule has 0 bridgehead atoms. The molecule has 1 aliphatic rings. The largest absolute Gasteiger partial charge is 0.312 e. The van der Waals surface area contributed by atoms with Crippen molar-refractivity contribution < 1.29 is 22.4 Å². The molecule has 0 aliphatic carbocycles. The average molecular weight is 390 g/mol. The molecule has 0 saturated heterocycles. The van der Waals surface area contributed by atoms with E-state index in [2.05, 4.69) is 4.72 Å². The lowest BCUT2D eigenvalue weighted by molar-refractivity contribution is -0.116. The van der Waals surface area contributed by atoms with Crippen LogP contribution in [0.15, 0.2) is 47.4 Å². The third kappa shape index (κ3) is 4.23. The third-order valence-electron chi connectivity index (χ3n) is 4.45. The molecule has 1 heterocycles. The minimum atomic E-state index is -3.89. The second kappa shape index (κ2) is 7.58. The second-order valence-electron chi connectivity index (χ2n) is 6.32. The number of hydrogen-bond donors (Lipinski definition) is 1. The van der Waals surface area contributed by atoms with Crippen LogP contribution in [0.5, 0.6) is 0 Å². The number of nitrogens with one attached hydrogen (secondary N) is 1. The predicted octanol–water partition coefficient (Wildman–Crippen LogP) is 2.29. The van der Waals surface area contributed by atoms with Crippen LogP contribution < -0.4 is 9.62 Å². The van der Waals surface area contributed by atoms with Crippen molar-refractivity contribution in [1.82, 2.24) is 4.72 Å². The zero-order valence-electron chi connectivity index (χ0n) is 14.7. The van der Waals surface area contributed by atoms with Crippen LogP contribution in [0, 0.1) is 5.82 Å². The van der Waals surface area contributed by atoms with Gasteiger partial charge in [0, 0.05) is 24.7 Å². The Balaban J connectivity index is 1.76. The van der Waals surface area contributed by atoms with Crippen molar-refractivity contribution in [2.24, 2.45) is 0 Å². The number of Topliss-reactive ketones (excluding diaryl/α,β-unsaturated/α-hetero) is 1. The first-order chi connectivity index (χ1) is 12.8. The Bertz CT molecular complexity index is 987. The molecular weight excluding hydrogens is 371 g/mol. The number of ketones is 1. The number of amides is 1. The number of rotatable bonds is 5. The van der Waals surface area contributed by atoms with Crippen LogP contribution in [-0.4, -0.2) is 33.2 Å². The first-order valence-electron chi connectivity index (χ1n) is 8.47. The van der Waals surface area contributed by atoms with Gasteiger partial charge in [-0.3, -0.25) is 9.59 Å². The van der Waals surface area contributed by atoms with Gasteiger partial charge in [0.2, 0.25) is 15.9 Å². The Kier molecular flexibility index (Phi) is 5.38. The maximum Gasteiger partial charge on any atom is 0.240 e. The molecule has 0 saturated carbocycles. The zero-order valence-corrected chi connectivity index (χ0v) is 15.6. The van der Waals surface area contributed by atoms with E-state index in [0.29, 0.717) is 13.0 Å². The molecule has 6 nitrogen and oxygen atoms in total. The number of benzene rings is 2. The van der Waals surface area contributed by atoms with Crippen LogP contribution in [0.1, 0.15) is 29.3 Å². The molecule has 3 rings (SSSR count). The van der Waals surface area contributed by atoms with Crippen LogP contribution in [0.2, 0.25) is 0 Å². The fourth-order valence-electron chi connectivity index (χ4n) is 3.05. The van der Waals surface area contributed by atoms with E-state index in [4.69, 9.17) is 0 Å². The quantitative estimate of drug-likeness (QED) is 0.794. The summed E-state index contributed by atoms with van der Waals surface area (Å²) in [5, 5.41) is 0. The Hall–Kier alpha value is -2.58. The van der Waals surface area contributed by atoms with Crippen LogP contribution in [0.25, 0.3) is 0 Å². The van der Waals surface area contributed by atoms with Gasteiger partial charge in [0.15, 0.2) is 5.78 Å². The summed E-state index contributed by atoms with van der Waals surface area (Å²) in [4.78, 5) is 25.5. The lowest BCUT2D eigenvalue weighted by Gasteiger charge is -2.28. The maximum atomic E-state index is 12.9. The van der Waals surface area contributed by atoms with Crippen molar-refractivity contribution in [3.63, 3.8) is 0 Å². The van der Waals surface area contributed by atoms with Gasteiger partial charge in [-0.15, -0.1) is 0 Å². The van der Waals surface area contributed by atoms with Gasteiger partial charge in [0.25, 0.3) is 0 Å². The van der Waals surface area contributed by atoms with Gasteiger partial charge < -0.3 is 4.90 Å². The lowest BCUT2D eigenvalue weighted by atomic mass is 10.0. The number of halogens is 1. The standard InChI is InChI=1S/C19H19FN2O4S/c1-13(23)22-10-2-3-15-11-17(8-9-18(15)22)27(25,26)21-12-19(24)14-4-6-16(20)7-5-14/h4-9,11,21H,2-3,10,12H2,1H3. The van der Waals surface area contributed by atoms with E-state index in [1.807, 2.05) is 0 Å². The van der Waals surface area contributed by atoms with Gasteiger partial charge >= 0.3 is 0 Å². The lowest BCUT2D eigenvalue weighted by Crippen LogP contribution is -2.34. The maximum absolute atomic E-state index is 12.9. The Morgan fingerprint density at radius 1 is 1.15 bits per heavy atom. The van der Waals surface area contributed by atoms with Crippen molar-refractivity contribution in [2.75, 3.05) is 18.0 Å².